The van der Waals surface area contributed by atoms with Crippen molar-refractivity contribution in [3.8, 4) is 68.0 Å². The van der Waals surface area contributed by atoms with Gasteiger partial charge in [-0.15, -0.1) is 0 Å². The largest absolute Gasteiger partial charge is 0.375 e. The van der Waals surface area contributed by atoms with Crippen molar-refractivity contribution in [2.75, 3.05) is 0 Å². The molecule has 16 nitrogen and oxygen atoms in total. The Balaban J connectivity index is 1.08. The smallest absolute Gasteiger partial charge is 0.339 e. The van der Waals surface area contributed by atoms with E-state index in [1.807, 2.05) is 0 Å². The van der Waals surface area contributed by atoms with Crippen LogP contribution in [0.5, 0.6) is 23.0 Å². The van der Waals surface area contributed by atoms with Gasteiger partial charge in [0, 0.05) is 44.3 Å². The van der Waals surface area contributed by atoms with Gasteiger partial charge in [-0.25, -0.2) is 9.97 Å². The number of aromatic nitrogens is 4. The van der Waals surface area contributed by atoms with E-state index in [9.17, 15) is 33.7 Å². The van der Waals surface area contributed by atoms with Gasteiger partial charge < -0.3 is 26.7 Å². The second kappa shape index (κ2) is 18.7. The number of benzene rings is 6. The molecule has 20 heteroatoms. The molecule has 0 aliphatic carbocycles. The minimum absolute atomic E-state index is 0.172. The van der Waals surface area contributed by atoms with Crippen molar-refractivity contribution in [1.29, 1.82) is 0 Å². The van der Waals surface area contributed by atoms with Crippen molar-refractivity contribution in [3.05, 3.63) is 192 Å². The Labute approximate surface area is 437 Å². The number of aryl methyl sites for hydroxylation is 4. The summed E-state index contributed by atoms with van der Waals surface area (Å²) in [6.07, 6.45) is 0. The molecule has 0 unspecified atom stereocenters. The molecule has 0 spiro atoms. The number of hydrogen-bond acceptors (Lipinski definition) is 14. The Kier molecular flexibility index (Phi) is 12.2. The monoisotopic (exact) mass is 1090 g/mol. The molecule has 6 aromatic carbocycles. The lowest BCUT2D eigenvalue weighted by Gasteiger charge is -2.15. The van der Waals surface area contributed by atoms with Gasteiger partial charge in [-0.2, -0.15) is 33.7 Å². The van der Waals surface area contributed by atoms with E-state index in [4.69, 9.17) is 26.7 Å². The Morgan fingerprint density at radius 3 is 0.684 bits per heavy atom. The van der Waals surface area contributed by atoms with Gasteiger partial charge in [0.2, 0.25) is 0 Å². The van der Waals surface area contributed by atoms with Crippen LogP contribution in [0.2, 0.25) is 0 Å². The fourth-order valence-corrected chi connectivity index (χ4v) is 12.2. The Morgan fingerprint density at radius 2 is 0.487 bits per heavy atom. The first-order chi connectivity index (χ1) is 36.1. The number of fused-ring (bicyclic) bond motifs is 14. The zero-order valence-corrected chi connectivity index (χ0v) is 43.9. The number of nitrogens with zero attached hydrogens (tertiary/aromatic N) is 2. The van der Waals surface area contributed by atoms with Crippen LogP contribution in [-0.4, -0.2) is 53.6 Å². The highest BCUT2D eigenvalue weighted by Gasteiger charge is 2.31. The minimum atomic E-state index is -4.55. The highest BCUT2D eigenvalue weighted by atomic mass is 32.2. The third-order valence-corrected chi connectivity index (χ3v) is 17.4. The molecule has 8 bridgehead atoms. The van der Waals surface area contributed by atoms with Crippen LogP contribution >= 0.6 is 0 Å². The molecule has 0 atom stereocenters. The summed E-state index contributed by atoms with van der Waals surface area (Å²) in [5, 5.41) is 0. The number of rotatable bonds is 12. The first kappa shape index (κ1) is 49.6. The summed E-state index contributed by atoms with van der Waals surface area (Å²) in [5.74, 6) is -1.66. The number of nitrogens with one attached hydrogen (secondary N) is 2. The number of H-pyrrole nitrogens is 2. The fraction of sp³-hybridized carbons (Fsp3) is 0.0714. The molecule has 11 rings (SSSR count). The van der Waals surface area contributed by atoms with Gasteiger partial charge in [0.15, 0.2) is 23.0 Å². The van der Waals surface area contributed by atoms with Gasteiger partial charge in [-0.05, 0) is 149 Å². The van der Waals surface area contributed by atoms with Crippen LogP contribution in [-0.2, 0) is 40.5 Å². The van der Waals surface area contributed by atoms with Crippen LogP contribution in [0.3, 0.4) is 0 Å². The molecule has 0 saturated heterocycles. The molecule has 3 aromatic heterocycles. The van der Waals surface area contributed by atoms with Gasteiger partial charge in [0.25, 0.3) is 0 Å². The molecule has 0 saturated carbocycles. The van der Waals surface area contributed by atoms with Gasteiger partial charge >= 0.3 is 40.5 Å². The summed E-state index contributed by atoms with van der Waals surface area (Å²) in [7, 11) is -18.2. The summed E-state index contributed by atoms with van der Waals surface area (Å²) in [5.41, 5.74) is 8.22. The van der Waals surface area contributed by atoms with Crippen LogP contribution in [0.1, 0.15) is 22.3 Å². The quantitative estimate of drug-likeness (QED) is 0.108. The summed E-state index contributed by atoms with van der Waals surface area (Å²) >= 11 is 0. The average molecular weight is 1090 g/mol. The molecule has 0 fully saturated rings. The van der Waals surface area contributed by atoms with Gasteiger partial charge in [0.1, 0.15) is 19.6 Å². The molecule has 76 heavy (non-hydrogen) atoms. The van der Waals surface area contributed by atoms with Crippen molar-refractivity contribution < 1.29 is 50.4 Å². The van der Waals surface area contributed by atoms with E-state index >= 15 is 0 Å². The lowest BCUT2D eigenvalue weighted by molar-refractivity contribution is 0.449. The molecule has 0 amide bonds. The van der Waals surface area contributed by atoms with Crippen LogP contribution in [0, 0.1) is 27.7 Å². The normalized spacial score (nSPS) is 12.4. The van der Waals surface area contributed by atoms with E-state index in [-0.39, 0.29) is 19.6 Å². The lowest BCUT2D eigenvalue weighted by atomic mass is 10.0. The van der Waals surface area contributed by atoms with Crippen LogP contribution in [0.25, 0.3) is 67.1 Å². The summed E-state index contributed by atoms with van der Waals surface area (Å²) in [6.45, 7) is 7.21. The molecule has 9 aromatic rings. The minimum Gasteiger partial charge on any atom is -0.375 e. The predicted octanol–water partition coefficient (Wildman–Crippen LogP) is 11.3. The Morgan fingerprint density at radius 1 is 0.289 bits per heavy atom. The topological polar surface area (TPSA) is 231 Å². The highest BCUT2D eigenvalue weighted by Crippen LogP contribution is 2.47. The fourth-order valence-electron chi connectivity index (χ4n) is 8.44. The van der Waals surface area contributed by atoms with Crippen molar-refractivity contribution in [3.63, 3.8) is 0 Å². The summed E-state index contributed by atoms with van der Waals surface area (Å²) < 4.78 is 134. The average Bonchev–Trinajstić information content (AvgIpc) is 4.19. The molecule has 5 heterocycles. The van der Waals surface area contributed by atoms with Crippen molar-refractivity contribution in [1.82, 2.24) is 19.9 Å². The van der Waals surface area contributed by atoms with Gasteiger partial charge in [-0.3, -0.25) is 0 Å². The second-order valence-corrected chi connectivity index (χ2v) is 24.4. The molecular formula is C56H42N4O12S4. The third kappa shape index (κ3) is 9.93. The van der Waals surface area contributed by atoms with Gasteiger partial charge in [-0.1, -0.05) is 70.8 Å². The first-order valence-corrected chi connectivity index (χ1v) is 28.9. The number of hydrogen-bond donors (Lipinski definition) is 2. The third-order valence-electron chi connectivity index (χ3n) is 12.4. The zero-order valence-electron chi connectivity index (χ0n) is 40.6. The molecule has 0 radical (unpaired) electrons. The Bertz CT molecular complexity index is 3920. The molecule has 2 aliphatic heterocycles. The van der Waals surface area contributed by atoms with E-state index in [0.29, 0.717) is 67.1 Å². The van der Waals surface area contributed by atoms with E-state index in [1.165, 1.54) is 72.8 Å². The Hall–Kier alpha value is -8.56. The maximum Gasteiger partial charge on any atom is 0.339 e. The van der Waals surface area contributed by atoms with Crippen LogP contribution in [0.4, 0.5) is 0 Å². The molecule has 2 N–H and O–H groups in total. The zero-order chi connectivity index (χ0) is 53.3. The standard InChI is InChI=1S/C56H42N4O12S4/c1-33-5-17-41(18-6-33)73(61,62)69-53-29-45-46(30-54(53)70-74(63,64)42-19-7-34(2)8-20-42)50-26-38-15-16-40(58-38)28-52-48-32-56(72-76(67,68)44-23-11-36(4)12-24-44)55(71-75(65,66)43-21-9-35(3)10-22-43)31-47(48)51(60-52)27-39-14-13-37(57-39)25-49(45)59-50/h5-32,57-58H,1-4H3. The molecule has 382 valence electrons. The highest BCUT2D eigenvalue weighted by molar-refractivity contribution is 7.88. The second-order valence-electron chi connectivity index (χ2n) is 18.2. The number of aromatic amines is 2. The van der Waals surface area contributed by atoms with E-state index in [1.54, 1.807) is 125 Å². The van der Waals surface area contributed by atoms with Crippen LogP contribution in [0.15, 0.2) is 189 Å². The summed E-state index contributed by atoms with van der Waals surface area (Å²) in [6, 6.07) is 43.3. The maximum absolute atomic E-state index is 13.9. The van der Waals surface area contributed by atoms with E-state index in [2.05, 4.69) is 9.97 Å². The van der Waals surface area contributed by atoms with Crippen molar-refractivity contribution in [2.45, 2.75) is 47.3 Å². The van der Waals surface area contributed by atoms with E-state index in [0.717, 1.165) is 22.3 Å². The maximum atomic E-state index is 13.9. The lowest BCUT2D eigenvalue weighted by Crippen LogP contribution is -2.14. The van der Waals surface area contributed by atoms with Gasteiger partial charge in [0.05, 0.1) is 22.8 Å². The van der Waals surface area contributed by atoms with Crippen molar-refractivity contribution in [2.24, 2.45) is 0 Å². The predicted molar refractivity (Wildman–Crippen MR) is 286 cm³/mol. The molecule has 2 aliphatic rings. The van der Waals surface area contributed by atoms with Crippen molar-refractivity contribution >= 4 is 62.5 Å². The molecular weight excluding hydrogens is 1050 g/mol. The first-order valence-electron chi connectivity index (χ1n) is 23.3. The van der Waals surface area contributed by atoms with Crippen LogP contribution < -0.4 is 16.7 Å². The summed E-state index contributed by atoms with van der Waals surface area (Å²) in [4.78, 5) is 15.9. The van der Waals surface area contributed by atoms with E-state index < -0.39 is 63.5 Å². The SMILES string of the molecule is Cc1ccc(S(=O)(=O)Oc2cc3c(cc2OS(=O)(=O)c2ccc(C)cc2)-c2cc4ccc(cc5nc(cc6ccc(cc-3n2)[nH]6)-c2cc(OS(=O)(=O)c3ccc(C)cc3)c(OS(=O)(=O)c3ccc(C)cc3)cc2-5)[nH]4)cc1.